The maximum Gasteiger partial charge on any atom is 0.329 e. The van der Waals surface area contributed by atoms with Crippen LogP contribution in [-0.4, -0.2) is 34.3 Å². The number of ether oxygens (including phenoxy) is 1. The van der Waals surface area contributed by atoms with Gasteiger partial charge in [-0.05, 0) is 50.0 Å². The molecule has 7 heteroatoms. The zero-order valence-electron chi connectivity index (χ0n) is 17.6. The van der Waals surface area contributed by atoms with Crippen molar-refractivity contribution < 1.29 is 14.6 Å². The normalized spacial score (nSPS) is 17.7. The Morgan fingerprint density at radius 1 is 1.32 bits per heavy atom. The summed E-state index contributed by atoms with van der Waals surface area (Å²) in [6, 6.07) is 0. The van der Waals surface area contributed by atoms with E-state index < -0.39 is 11.5 Å². The molecule has 1 aliphatic carbocycles. The summed E-state index contributed by atoms with van der Waals surface area (Å²) in [6.07, 6.45) is 3.23. The summed E-state index contributed by atoms with van der Waals surface area (Å²) in [5.74, 6) is -0.0114. The van der Waals surface area contributed by atoms with Crippen LogP contribution in [0.2, 0.25) is 0 Å². The van der Waals surface area contributed by atoms with E-state index in [9.17, 15) is 14.7 Å². The highest BCUT2D eigenvalue weighted by atomic mass is 32.1. The number of carboxylic acid groups (broad SMARTS) is 1. The van der Waals surface area contributed by atoms with Gasteiger partial charge in [-0.2, -0.15) is 0 Å². The molecule has 0 spiro atoms. The Hall–Kier alpha value is -1.73. The second kappa shape index (κ2) is 7.26. The second-order valence-electron chi connectivity index (χ2n) is 9.27. The number of carbonyl (C=O) groups is 1. The lowest BCUT2D eigenvalue weighted by atomic mass is 9.72. The van der Waals surface area contributed by atoms with Gasteiger partial charge in [0.1, 0.15) is 16.2 Å². The van der Waals surface area contributed by atoms with Gasteiger partial charge in [-0.3, -0.25) is 9.36 Å². The summed E-state index contributed by atoms with van der Waals surface area (Å²) in [6.45, 7) is 10.3. The third-order valence-corrected chi connectivity index (χ3v) is 7.14. The van der Waals surface area contributed by atoms with Crippen molar-refractivity contribution in [2.75, 3.05) is 13.7 Å². The molecule has 28 heavy (non-hydrogen) atoms. The Kier molecular flexibility index (Phi) is 5.44. The quantitative estimate of drug-likeness (QED) is 0.820. The molecule has 2 aromatic heterocycles. The van der Waals surface area contributed by atoms with Gasteiger partial charge in [0.2, 0.25) is 0 Å². The number of hydrogen-bond acceptors (Lipinski definition) is 5. The van der Waals surface area contributed by atoms with Crippen molar-refractivity contribution in [3.8, 4) is 0 Å². The summed E-state index contributed by atoms with van der Waals surface area (Å²) < 4.78 is 6.52. The average molecular weight is 407 g/mol. The van der Waals surface area contributed by atoms with Crippen LogP contribution in [0.4, 0.5) is 0 Å². The van der Waals surface area contributed by atoms with Crippen molar-refractivity contribution in [3.05, 3.63) is 26.6 Å². The third kappa shape index (κ3) is 3.50. The standard InChI is InChI=1S/C21H30N2O4S/c1-20(2,3)12-7-8-13-14(11-12)28-17-16(13)18(24)23(21(4,5)19(25)26)15(22-17)9-10-27-6/h12H,7-11H2,1-6H3,(H,25,26). The summed E-state index contributed by atoms with van der Waals surface area (Å²) in [7, 11) is 1.58. The Morgan fingerprint density at radius 3 is 2.57 bits per heavy atom. The van der Waals surface area contributed by atoms with Gasteiger partial charge in [-0.1, -0.05) is 20.8 Å². The van der Waals surface area contributed by atoms with Crippen molar-refractivity contribution in [1.82, 2.24) is 9.55 Å². The summed E-state index contributed by atoms with van der Waals surface area (Å²) in [5.41, 5.74) is -0.323. The van der Waals surface area contributed by atoms with E-state index in [0.717, 1.165) is 29.7 Å². The molecule has 0 saturated heterocycles. The highest BCUT2D eigenvalue weighted by molar-refractivity contribution is 7.18. The number of nitrogens with zero attached hydrogens (tertiary/aromatic N) is 2. The van der Waals surface area contributed by atoms with Crippen LogP contribution in [0, 0.1) is 11.3 Å². The van der Waals surface area contributed by atoms with Crippen molar-refractivity contribution in [1.29, 1.82) is 0 Å². The Bertz CT molecular complexity index is 965. The highest BCUT2D eigenvalue weighted by Gasteiger charge is 2.36. The zero-order valence-corrected chi connectivity index (χ0v) is 18.4. The van der Waals surface area contributed by atoms with E-state index >= 15 is 0 Å². The van der Waals surface area contributed by atoms with Crippen LogP contribution in [0.3, 0.4) is 0 Å². The number of fused-ring (bicyclic) bond motifs is 3. The minimum Gasteiger partial charge on any atom is -0.480 e. The molecule has 6 nitrogen and oxygen atoms in total. The summed E-state index contributed by atoms with van der Waals surface area (Å²) >= 11 is 1.60. The molecule has 154 valence electrons. The molecule has 0 aromatic carbocycles. The van der Waals surface area contributed by atoms with Crippen molar-refractivity contribution in [2.24, 2.45) is 11.3 Å². The predicted molar refractivity (Wildman–Crippen MR) is 111 cm³/mol. The Balaban J connectivity index is 2.23. The largest absolute Gasteiger partial charge is 0.480 e. The minimum atomic E-state index is -1.38. The van der Waals surface area contributed by atoms with Crippen LogP contribution in [0.1, 0.15) is 57.3 Å². The molecule has 3 rings (SSSR count). The molecule has 0 amide bonds. The lowest BCUT2D eigenvalue weighted by Crippen LogP contribution is -2.45. The number of hydrogen-bond donors (Lipinski definition) is 1. The van der Waals surface area contributed by atoms with E-state index in [4.69, 9.17) is 9.72 Å². The fraction of sp³-hybridized carbons (Fsp3) is 0.667. The van der Waals surface area contributed by atoms with E-state index in [1.165, 1.54) is 9.44 Å². The molecule has 0 radical (unpaired) electrons. The monoisotopic (exact) mass is 406 g/mol. The van der Waals surface area contributed by atoms with Gasteiger partial charge in [-0.15, -0.1) is 11.3 Å². The number of aliphatic carboxylic acids is 1. The fourth-order valence-corrected chi connectivity index (χ4v) is 5.35. The van der Waals surface area contributed by atoms with E-state index in [0.29, 0.717) is 30.2 Å². The first-order valence-corrected chi connectivity index (χ1v) is 10.6. The topological polar surface area (TPSA) is 81.4 Å². The maximum absolute atomic E-state index is 13.5. The molecular formula is C21H30N2O4S. The van der Waals surface area contributed by atoms with Crippen molar-refractivity contribution >= 4 is 27.5 Å². The first-order chi connectivity index (χ1) is 13.0. The van der Waals surface area contributed by atoms with Gasteiger partial charge >= 0.3 is 5.97 Å². The smallest absolute Gasteiger partial charge is 0.329 e. The molecule has 1 atom stereocenters. The van der Waals surface area contributed by atoms with Gasteiger partial charge in [0.15, 0.2) is 0 Å². The average Bonchev–Trinajstić information content (AvgIpc) is 2.96. The molecule has 1 aliphatic rings. The van der Waals surface area contributed by atoms with Crippen LogP contribution in [-0.2, 0) is 34.3 Å². The second-order valence-corrected chi connectivity index (χ2v) is 10.3. The summed E-state index contributed by atoms with van der Waals surface area (Å²) in [4.78, 5) is 32.1. The Labute approximate surface area is 169 Å². The van der Waals surface area contributed by atoms with E-state index in [1.54, 1.807) is 32.3 Å². The van der Waals surface area contributed by atoms with Gasteiger partial charge < -0.3 is 9.84 Å². The number of aromatic nitrogens is 2. The zero-order chi connectivity index (χ0) is 20.9. The number of aryl methyl sites for hydroxylation is 1. The van der Waals surface area contributed by atoms with Crippen LogP contribution < -0.4 is 5.56 Å². The van der Waals surface area contributed by atoms with Gasteiger partial charge in [-0.25, -0.2) is 9.78 Å². The van der Waals surface area contributed by atoms with Gasteiger partial charge in [0.05, 0.1) is 12.0 Å². The van der Waals surface area contributed by atoms with Crippen molar-refractivity contribution in [2.45, 2.75) is 65.8 Å². The van der Waals surface area contributed by atoms with Crippen LogP contribution in [0.15, 0.2) is 4.79 Å². The fourth-order valence-electron chi connectivity index (χ4n) is 4.04. The molecule has 0 bridgehead atoms. The Morgan fingerprint density at radius 2 is 2.00 bits per heavy atom. The number of carboxylic acids is 1. The molecule has 0 aliphatic heterocycles. The van der Waals surface area contributed by atoms with E-state index in [2.05, 4.69) is 20.8 Å². The molecule has 0 fully saturated rings. The molecule has 2 aromatic rings. The van der Waals surface area contributed by atoms with Crippen LogP contribution in [0.5, 0.6) is 0 Å². The third-order valence-electron chi connectivity index (χ3n) is 5.99. The van der Waals surface area contributed by atoms with Crippen molar-refractivity contribution in [3.63, 3.8) is 0 Å². The van der Waals surface area contributed by atoms with Crippen LogP contribution in [0.25, 0.3) is 10.2 Å². The van der Waals surface area contributed by atoms with E-state index in [1.807, 2.05) is 0 Å². The number of methoxy groups -OCH3 is 1. The SMILES string of the molecule is COCCc1nc2sc3c(c2c(=O)n1C(C)(C)C(=O)O)CCC(C(C)(C)C)C3. The predicted octanol–water partition coefficient (Wildman–Crippen LogP) is 3.62. The van der Waals surface area contributed by atoms with Gasteiger partial charge in [0.25, 0.3) is 5.56 Å². The number of thiophene rings is 1. The molecule has 1 N–H and O–H groups in total. The lowest BCUT2D eigenvalue weighted by Gasteiger charge is -2.33. The van der Waals surface area contributed by atoms with Gasteiger partial charge in [0, 0.05) is 18.4 Å². The molecular weight excluding hydrogens is 376 g/mol. The summed E-state index contributed by atoms with van der Waals surface area (Å²) in [5, 5.41) is 10.4. The number of rotatable bonds is 5. The first kappa shape index (κ1) is 21.0. The molecule has 2 heterocycles. The lowest BCUT2D eigenvalue weighted by molar-refractivity contribution is -0.146. The van der Waals surface area contributed by atoms with E-state index in [-0.39, 0.29) is 11.0 Å². The van der Waals surface area contributed by atoms with Crippen LogP contribution >= 0.6 is 11.3 Å². The molecule has 0 saturated carbocycles. The first-order valence-electron chi connectivity index (χ1n) is 9.77. The molecule has 1 unspecified atom stereocenters. The maximum atomic E-state index is 13.5. The minimum absolute atomic E-state index is 0.219. The highest BCUT2D eigenvalue weighted by Crippen LogP contribution is 2.42.